The lowest BCUT2D eigenvalue weighted by Crippen LogP contribution is -2.46. The first kappa shape index (κ1) is 22.3. The molecule has 0 aromatic heterocycles. The Morgan fingerprint density at radius 3 is 2.50 bits per heavy atom. The Balaban J connectivity index is 1.40. The van der Waals surface area contributed by atoms with Crippen LogP contribution in [-0.2, 0) is 16.0 Å². The summed E-state index contributed by atoms with van der Waals surface area (Å²) in [5.41, 5.74) is 5.14. The number of amides is 2. The maximum atomic E-state index is 13.0. The van der Waals surface area contributed by atoms with E-state index in [2.05, 4.69) is 41.1 Å². The summed E-state index contributed by atoms with van der Waals surface area (Å²) in [6, 6.07) is 14.2. The first-order chi connectivity index (χ1) is 15.5. The van der Waals surface area contributed by atoms with E-state index in [0.717, 1.165) is 61.6 Å². The second-order valence-electron chi connectivity index (χ2n) is 8.80. The van der Waals surface area contributed by atoms with E-state index >= 15 is 0 Å². The van der Waals surface area contributed by atoms with Gasteiger partial charge < -0.3 is 20.0 Å². The van der Waals surface area contributed by atoms with E-state index in [1.165, 1.54) is 5.69 Å². The second-order valence-corrected chi connectivity index (χ2v) is 8.80. The van der Waals surface area contributed by atoms with Gasteiger partial charge >= 0.3 is 0 Å². The lowest BCUT2D eigenvalue weighted by Gasteiger charge is -2.35. The van der Waals surface area contributed by atoms with E-state index in [4.69, 9.17) is 0 Å². The molecule has 2 amide bonds. The highest BCUT2D eigenvalue weighted by Gasteiger charge is 2.36. The Bertz CT molecular complexity index is 982. The van der Waals surface area contributed by atoms with Crippen molar-refractivity contribution in [2.75, 3.05) is 54.4 Å². The number of anilines is 3. The fraction of sp³-hybridized carbons (Fsp3) is 0.462. The molecule has 1 N–H and O–H groups in total. The highest BCUT2D eigenvalue weighted by atomic mass is 16.2. The third-order valence-electron chi connectivity index (χ3n) is 6.81. The van der Waals surface area contributed by atoms with Gasteiger partial charge in [0.1, 0.15) is 0 Å². The smallest absolute Gasteiger partial charge is 0.229 e. The first-order valence-corrected chi connectivity index (χ1v) is 11.8. The van der Waals surface area contributed by atoms with Gasteiger partial charge in [0.15, 0.2) is 0 Å². The van der Waals surface area contributed by atoms with E-state index in [1.807, 2.05) is 37.3 Å². The van der Waals surface area contributed by atoms with Gasteiger partial charge in [-0.3, -0.25) is 9.59 Å². The van der Waals surface area contributed by atoms with Gasteiger partial charge in [0.2, 0.25) is 11.8 Å². The molecule has 2 aliphatic heterocycles. The molecule has 6 nitrogen and oxygen atoms in total. The molecule has 0 radical (unpaired) electrons. The molecule has 2 aromatic carbocycles. The Kier molecular flexibility index (Phi) is 6.80. The van der Waals surface area contributed by atoms with Crippen LogP contribution in [0, 0.1) is 12.8 Å². The first-order valence-electron chi connectivity index (χ1n) is 11.8. The number of nitrogens with zero attached hydrogens (tertiary/aromatic N) is 3. The molecule has 2 fully saturated rings. The SMILES string of the molecule is CCc1ccccc1N1C[C@@H](C(=O)Nc2ccc(N3CCN(CC)CC3)cc2C)CC1=O. The van der Waals surface area contributed by atoms with Gasteiger partial charge in [0, 0.05) is 56.2 Å². The summed E-state index contributed by atoms with van der Waals surface area (Å²) in [4.78, 5) is 32.3. The van der Waals surface area contributed by atoms with Gasteiger partial charge in [-0.15, -0.1) is 0 Å². The normalized spacial score (nSPS) is 19.5. The number of hydrogen-bond acceptors (Lipinski definition) is 4. The van der Waals surface area contributed by atoms with Crippen LogP contribution >= 0.6 is 0 Å². The van der Waals surface area contributed by atoms with Gasteiger partial charge in [-0.2, -0.15) is 0 Å². The van der Waals surface area contributed by atoms with Crippen LogP contribution in [0.25, 0.3) is 0 Å². The summed E-state index contributed by atoms with van der Waals surface area (Å²) in [6.45, 7) is 12.1. The molecule has 2 aliphatic rings. The highest BCUT2D eigenvalue weighted by Crippen LogP contribution is 2.30. The van der Waals surface area contributed by atoms with Crippen molar-refractivity contribution in [2.24, 2.45) is 5.92 Å². The van der Waals surface area contributed by atoms with Crippen molar-refractivity contribution in [1.29, 1.82) is 0 Å². The number of para-hydroxylation sites is 1. The number of aryl methyl sites for hydroxylation is 2. The third-order valence-corrected chi connectivity index (χ3v) is 6.81. The van der Waals surface area contributed by atoms with Crippen molar-refractivity contribution < 1.29 is 9.59 Å². The zero-order valence-corrected chi connectivity index (χ0v) is 19.4. The average molecular weight is 435 g/mol. The van der Waals surface area contributed by atoms with Gasteiger partial charge in [-0.05, 0) is 55.3 Å². The Labute approximate surface area is 191 Å². The molecule has 0 spiro atoms. The van der Waals surface area contributed by atoms with Crippen molar-refractivity contribution in [3.63, 3.8) is 0 Å². The zero-order chi connectivity index (χ0) is 22.7. The molecule has 32 heavy (non-hydrogen) atoms. The van der Waals surface area contributed by atoms with Crippen LogP contribution in [0.2, 0.25) is 0 Å². The van der Waals surface area contributed by atoms with Gasteiger partial charge in [0.25, 0.3) is 0 Å². The summed E-state index contributed by atoms with van der Waals surface area (Å²) >= 11 is 0. The number of rotatable bonds is 6. The van der Waals surface area contributed by atoms with E-state index in [0.29, 0.717) is 6.54 Å². The zero-order valence-electron chi connectivity index (χ0n) is 19.4. The molecular weight excluding hydrogens is 400 g/mol. The van der Waals surface area contributed by atoms with Crippen molar-refractivity contribution in [3.8, 4) is 0 Å². The van der Waals surface area contributed by atoms with E-state index in [9.17, 15) is 9.59 Å². The molecule has 1 atom stereocenters. The summed E-state index contributed by atoms with van der Waals surface area (Å²) < 4.78 is 0. The quantitative estimate of drug-likeness (QED) is 0.753. The minimum absolute atomic E-state index is 0.0179. The summed E-state index contributed by atoms with van der Waals surface area (Å²) in [5, 5.41) is 3.08. The lowest BCUT2D eigenvalue weighted by atomic mass is 10.1. The fourth-order valence-electron chi connectivity index (χ4n) is 4.73. The molecule has 0 unspecified atom stereocenters. The average Bonchev–Trinajstić information content (AvgIpc) is 3.22. The van der Waals surface area contributed by atoms with Gasteiger partial charge in [-0.25, -0.2) is 0 Å². The van der Waals surface area contributed by atoms with E-state index < -0.39 is 0 Å². The summed E-state index contributed by atoms with van der Waals surface area (Å²) in [7, 11) is 0. The number of hydrogen-bond donors (Lipinski definition) is 1. The molecule has 4 rings (SSSR count). The standard InChI is InChI=1S/C26H34N4O2/c1-4-20-8-6-7-9-24(20)30-18-21(17-25(30)31)26(32)27-23-11-10-22(16-19(23)3)29-14-12-28(5-2)13-15-29/h6-11,16,21H,4-5,12-15,17-18H2,1-3H3,(H,27,32)/t21-/m0/s1. The second kappa shape index (κ2) is 9.74. The van der Waals surface area contributed by atoms with E-state index in [-0.39, 0.29) is 24.2 Å². The molecular formula is C26H34N4O2. The summed E-state index contributed by atoms with van der Waals surface area (Å²) in [6.07, 6.45) is 1.11. The number of nitrogens with one attached hydrogen (secondary N) is 1. The molecule has 0 bridgehead atoms. The van der Waals surface area contributed by atoms with Crippen LogP contribution in [0.3, 0.4) is 0 Å². The minimum Gasteiger partial charge on any atom is -0.369 e. The molecule has 170 valence electrons. The number of carbonyl (C=O) groups is 2. The van der Waals surface area contributed by atoms with Crippen molar-refractivity contribution >= 4 is 28.9 Å². The largest absolute Gasteiger partial charge is 0.369 e. The lowest BCUT2D eigenvalue weighted by molar-refractivity contribution is -0.122. The predicted octanol–water partition coefficient (Wildman–Crippen LogP) is 3.69. The van der Waals surface area contributed by atoms with Crippen LogP contribution < -0.4 is 15.1 Å². The monoisotopic (exact) mass is 434 g/mol. The van der Waals surface area contributed by atoms with Crippen molar-refractivity contribution in [3.05, 3.63) is 53.6 Å². The van der Waals surface area contributed by atoms with E-state index in [1.54, 1.807) is 4.90 Å². The molecule has 2 saturated heterocycles. The minimum atomic E-state index is -0.339. The molecule has 2 aromatic rings. The topological polar surface area (TPSA) is 55.9 Å². The molecule has 0 saturated carbocycles. The molecule has 2 heterocycles. The number of piperazine rings is 1. The van der Waals surface area contributed by atoms with Crippen LogP contribution in [0.4, 0.5) is 17.1 Å². The predicted molar refractivity (Wildman–Crippen MR) is 130 cm³/mol. The Morgan fingerprint density at radius 2 is 1.81 bits per heavy atom. The molecule has 0 aliphatic carbocycles. The summed E-state index contributed by atoms with van der Waals surface area (Å²) in [5.74, 6) is -0.403. The molecule has 6 heteroatoms. The Morgan fingerprint density at radius 1 is 1.06 bits per heavy atom. The fourth-order valence-corrected chi connectivity index (χ4v) is 4.73. The number of likely N-dealkylation sites (N-methyl/N-ethyl adjacent to an activating group) is 1. The third kappa shape index (κ3) is 4.65. The highest BCUT2D eigenvalue weighted by molar-refractivity contribution is 6.04. The van der Waals surface area contributed by atoms with Crippen LogP contribution in [-0.4, -0.2) is 56.0 Å². The van der Waals surface area contributed by atoms with Crippen molar-refractivity contribution in [1.82, 2.24) is 4.90 Å². The maximum absolute atomic E-state index is 13.0. The maximum Gasteiger partial charge on any atom is 0.229 e. The van der Waals surface area contributed by atoms with Gasteiger partial charge in [0.05, 0.1) is 5.92 Å². The van der Waals surface area contributed by atoms with Crippen LogP contribution in [0.5, 0.6) is 0 Å². The number of carbonyl (C=O) groups excluding carboxylic acids is 2. The van der Waals surface area contributed by atoms with Crippen molar-refractivity contribution in [2.45, 2.75) is 33.6 Å². The number of benzene rings is 2. The van der Waals surface area contributed by atoms with Crippen LogP contribution in [0.15, 0.2) is 42.5 Å². The Hall–Kier alpha value is -2.86. The van der Waals surface area contributed by atoms with Crippen LogP contribution in [0.1, 0.15) is 31.4 Å². The van der Waals surface area contributed by atoms with Gasteiger partial charge in [-0.1, -0.05) is 32.0 Å².